The molecule has 0 spiro atoms. The molecule has 28 heavy (non-hydrogen) atoms. The van der Waals surface area contributed by atoms with Crippen molar-refractivity contribution < 1.29 is 9.32 Å². The first-order valence-corrected chi connectivity index (χ1v) is 10.2. The SMILES string of the molecule is CC.CC.CC.CC#Cc1ccc(NC(=O)Cc2cc(C(C)(C)C)on2)cc1. The summed E-state index contributed by atoms with van der Waals surface area (Å²) in [6.45, 7) is 19.9. The Morgan fingerprint density at radius 1 is 1.04 bits per heavy atom. The minimum Gasteiger partial charge on any atom is -0.361 e. The average Bonchev–Trinajstić information content (AvgIpc) is 3.17. The Morgan fingerprint density at radius 2 is 1.57 bits per heavy atom. The lowest BCUT2D eigenvalue weighted by molar-refractivity contribution is -0.115. The van der Waals surface area contributed by atoms with Crippen molar-refractivity contribution in [2.45, 2.75) is 81.1 Å². The molecule has 0 saturated heterocycles. The maximum Gasteiger partial charge on any atom is 0.230 e. The zero-order valence-corrected chi connectivity index (χ0v) is 19.4. The van der Waals surface area contributed by atoms with E-state index in [9.17, 15) is 4.79 Å². The van der Waals surface area contributed by atoms with Gasteiger partial charge >= 0.3 is 0 Å². The molecule has 156 valence electrons. The lowest BCUT2D eigenvalue weighted by atomic mass is 9.93. The molecule has 1 amide bonds. The van der Waals surface area contributed by atoms with Gasteiger partial charge in [0.05, 0.1) is 12.1 Å². The van der Waals surface area contributed by atoms with Crippen LogP contribution >= 0.6 is 0 Å². The molecule has 1 heterocycles. The Morgan fingerprint density at radius 3 is 2.00 bits per heavy atom. The van der Waals surface area contributed by atoms with Crippen LogP contribution in [-0.4, -0.2) is 11.1 Å². The minimum absolute atomic E-state index is 0.113. The largest absolute Gasteiger partial charge is 0.361 e. The molecule has 1 N–H and O–H groups in total. The van der Waals surface area contributed by atoms with Gasteiger partial charge in [-0.3, -0.25) is 4.79 Å². The Balaban J connectivity index is 0. The third-order valence-electron chi connectivity index (χ3n) is 3.08. The molecule has 0 saturated carbocycles. The summed E-state index contributed by atoms with van der Waals surface area (Å²) in [5, 5.41) is 6.79. The molecule has 1 aromatic heterocycles. The zero-order chi connectivity index (χ0) is 22.2. The fourth-order valence-electron chi connectivity index (χ4n) is 1.90. The predicted molar refractivity (Wildman–Crippen MR) is 121 cm³/mol. The van der Waals surface area contributed by atoms with E-state index in [0.717, 1.165) is 17.0 Å². The van der Waals surface area contributed by atoms with Gasteiger partial charge in [-0.1, -0.05) is 73.4 Å². The predicted octanol–water partition coefficient (Wildman–Crippen LogP) is 6.60. The molecule has 4 nitrogen and oxygen atoms in total. The van der Waals surface area contributed by atoms with Gasteiger partial charge in [0.15, 0.2) is 0 Å². The number of benzene rings is 1. The molecule has 4 heteroatoms. The topological polar surface area (TPSA) is 55.1 Å². The number of rotatable bonds is 3. The highest BCUT2D eigenvalue weighted by atomic mass is 16.5. The van der Waals surface area contributed by atoms with E-state index in [-0.39, 0.29) is 17.7 Å². The molecule has 0 bridgehead atoms. The molecule has 0 atom stereocenters. The smallest absolute Gasteiger partial charge is 0.230 e. The fraction of sp³-hybridized carbons (Fsp3) is 0.500. The number of anilines is 1. The number of nitrogens with one attached hydrogen (secondary N) is 1. The first-order chi connectivity index (χ1) is 13.4. The van der Waals surface area contributed by atoms with E-state index < -0.39 is 0 Å². The highest BCUT2D eigenvalue weighted by Crippen LogP contribution is 2.22. The fourth-order valence-corrected chi connectivity index (χ4v) is 1.90. The molecule has 0 radical (unpaired) electrons. The summed E-state index contributed by atoms with van der Waals surface area (Å²) >= 11 is 0. The first-order valence-electron chi connectivity index (χ1n) is 10.2. The van der Waals surface area contributed by atoms with Gasteiger partial charge in [0.2, 0.25) is 5.91 Å². The molecule has 2 aromatic rings. The van der Waals surface area contributed by atoms with Crippen LogP contribution in [0, 0.1) is 11.8 Å². The van der Waals surface area contributed by atoms with Crippen molar-refractivity contribution in [3.63, 3.8) is 0 Å². The highest BCUT2D eigenvalue weighted by molar-refractivity contribution is 5.92. The molecular weight excluding hydrogens is 348 g/mol. The van der Waals surface area contributed by atoms with Crippen LogP contribution in [0.5, 0.6) is 0 Å². The maximum absolute atomic E-state index is 12.0. The van der Waals surface area contributed by atoms with E-state index in [0.29, 0.717) is 5.69 Å². The molecule has 0 fully saturated rings. The molecule has 2 rings (SSSR count). The van der Waals surface area contributed by atoms with E-state index in [2.05, 4.69) is 22.3 Å². The number of carbonyl (C=O) groups is 1. The third kappa shape index (κ3) is 10.6. The van der Waals surface area contributed by atoms with Gasteiger partial charge < -0.3 is 9.84 Å². The number of nitrogens with zero attached hydrogens (tertiary/aromatic N) is 1. The summed E-state index contributed by atoms with van der Waals surface area (Å²) in [6, 6.07) is 9.25. The quantitative estimate of drug-likeness (QED) is 0.604. The van der Waals surface area contributed by atoms with Crippen LogP contribution in [0.3, 0.4) is 0 Å². The zero-order valence-electron chi connectivity index (χ0n) is 19.4. The van der Waals surface area contributed by atoms with Crippen molar-refractivity contribution in [2.24, 2.45) is 0 Å². The second-order valence-corrected chi connectivity index (χ2v) is 6.11. The summed E-state index contributed by atoms with van der Waals surface area (Å²) in [5.74, 6) is 6.45. The Kier molecular flexibility index (Phi) is 15.3. The Hall–Kier alpha value is -2.54. The molecule has 0 aliphatic carbocycles. The lowest BCUT2D eigenvalue weighted by Gasteiger charge is -2.12. The van der Waals surface area contributed by atoms with Gasteiger partial charge in [-0.2, -0.15) is 0 Å². The van der Waals surface area contributed by atoms with Gasteiger partial charge in [-0.05, 0) is 31.2 Å². The van der Waals surface area contributed by atoms with Gasteiger partial charge in [-0.15, -0.1) is 5.92 Å². The van der Waals surface area contributed by atoms with Crippen LogP contribution in [-0.2, 0) is 16.6 Å². The first kappa shape index (κ1) is 27.7. The van der Waals surface area contributed by atoms with Gasteiger partial charge in [0, 0.05) is 22.7 Å². The monoisotopic (exact) mass is 386 g/mol. The summed E-state index contributed by atoms with van der Waals surface area (Å²) in [4.78, 5) is 12.0. The van der Waals surface area contributed by atoms with Crippen molar-refractivity contribution in [1.29, 1.82) is 0 Å². The standard InChI is InChI=1S/C18H20N2O2.3C2H6/c1-5-6-13-7-9-14(10-8-13)19-17(21)12-15-11-16(22-20-15)18(2,3)4;3*1-2/h7-11H,12H2,1-4H3,(H,19,21);3*1-2H3. The summed E-state index contributed by atoms with van der Waals surface area (Å²) < 4.78 is 5.28. The van der Waals surface area contributed by atoms with Gasteiger partial charge in [0.1, 0.15) is 5.76 Å². The summed E-state index contributed by atoms with van der Waals surface area (Å²) in [7, 11) is 0. The molecule has 0 aliphatic heterocycles. The van der Waals surface area contributed by atoms with E-state index in [4.69, 9.17) is 4.52 Å². The van der Waals surface area contributed by atoms with Crippen LogP contribution in [0.1, 0.15) is 86.3 Å². The van der Waals surface area contributed by atoms with Crippen LogP contribution < -0.4 is 5.32 Å². The summed E-state index contributed by atoms with van der Waals surface area (Å²) in [6.07, 6.45) is 0.191. The van der Waals surface area contributed by atoms with E-state index in [1.54, 1.807) is 6.92 Å². The number of aromatic nitrogens is 1. The average molecular weight is 387 g/mol. The van der Waals surface area contributed by atoms with Crippen LogP contribution in [0.25, 0.3) is 0 Å². The van der Waals surface area contributed by atoms with Crippen LogP contribution in [0.2, 0.25) is 0 Å². The van der Waals surface area contributed by atoms with Crippen molar-refractivity contribution in [3.8, 4) is 11.8 Å². The second kappa shape index (κ2) is 15.5. The summed E-state index contributed by atoms with van der Waals surface area (Å²) in [5.41, 5.74) is 2.19. The number of hydrogen-bond acceptors (Lipinski definition) is 3. The Labute approximate surface area is 172 Å². The highest BCUT2D eigenvalue weighted by Gasteiger charge is 2.20. The lowest BCUT2D eigenvalue weighted by Crippen LogP contribution is -2.14. The third-order valence-corrected chi connectivity index (χ3v) is 3.08. The number of amides is 1. The van der Waals surface area contributed by atoms with Crippen LogP contribution in [0.4, 0.5) is 5.69 Å². The normalized spacial score (nSPS) is 9.07. The minimum atomic E-state index is -0.122. The molecule has 1 aromatic carbocycles. The van der Waals surface area contributed by atoms with Crippen molar-refractivity contribution in [1.82, 2.24) is 5.16 Å². The second-order valence-electron chi connectivity index (χ2n) is 6.11. The van der Waals surface area contributed by atoms with E-state index in [1.807, 2.05) is 92.6 Å². The van der Waals surface area contributed by atoms with Crippen molar-refractivity contribution in [3.05, 3.63) is 47.3 Å². The van der Waals surface area contributed by atoms with Crippen molar-refractivity contribution in [2.75, 3.05) is 5.32 Å². The van der Waals surface area contributed by atoms with E-state index in [1.165, 1.54) is 0 Å². The number of hydrogen-bond donors (Lipinski definition) is 1. The van der Waals surface area contributed by atoms with E-state index >= 15 is 0 Å². The molecule has 0 unspecified atom stereocenters. The van der Waals surface area contributed by atoms with Gasteiger partial charge in [0.25, 0.3) is 0 Å². The molecular formula is C24H38N2O2. The maximum atomic E-state index is 12.0. The van der Waals surface area contributed by atoms with Gasteiger partial charge in [-0.25, -0.2) is 0 Å². The van der Waals surface area contributed by atoms with Crippen molar-refractivity contribution >= 4 is 11.6 Å². The number of carbonyl (C=O) groups excluding carboxylic acids is 1. The Bertz CT molecular complexity index is 712. The van der Waals surface area contributed by atoms with Crippen LogP contribution in [0.15, 0.2) is 34.9 Å². The molecule has 0 aliphatic rings.